The topological polar surface area (TPSA) is 55.8 Å². The number of aliphatic hydroxyl groups is 1. The Kier molecular flexibility index (Phi) is 4.55. The Bertz CT molecular complexity index is 376. The summed E-state index contributed by atoms with van der Waals surface area (Å²) in [4.78, 5) is 11.2. The molecule has 1 aromatic rings. The molecular weight excluding hydrogens is 323 g/mol. The predicted molar refractivity (Wildman–Crippen MR) is 67.3 cm³/mol. The van der Waals surface area contributed by atoms with Crippen LogP contribution in [0.3, 0.4) is 0 Å². The zero-order valence-electron chi connectivity index (χ0n) is 9.07. The number of halogens is 1. The molecule has 0 spiro atoms. The van der Waals surface area contributed by atoms with Gasteiger partial charge in [0.25, 0.3) is 0 Å². The van der Waals surface area contributed by atoms with Crippen LogP contribution in [-0.2, 0) is 9.53 Å². The van der Waals surface area contributed by atoms with E-state index in [4.69, 9.17) is 4.74 Å². The second-order valence-corrected chi connectivity index (χ2v) is 4.65. The minimum absolute atomic E-state index is 0.139. The number of ether oxygens (including phenoxy) is 2. The van der Waals surface area contributed by atoms with Crippen LogP contribution in [0, 0.1) is 3.57 Å². The molecule has 4 nitrogen and oxygen atoms in total. The van der Waals surface area contributed by atoms with Gasteiger partial charge in [-0.15, -0.1) is 0 Å². The monoisotopic (exact) mass is 336 g/mol. The van der Waals surface area contributed by atoms with Crippen LogP contribution in [0.5, 0.6) is 5.75 Å². The first-order valence-corrected chi connectivity index (χ1v) is 5.73. The van der Waals surface area contributed by atoms with Crippen LogP contribution in [0.2, 0.25) is 0 Å². The van der Waals surface area contributed by atoms with Crippen LogP contribution in [-0.4, -0.2) is 30.4 Å². The van der Waals surface area contributed by atoms with Gasteiger partial charge in [-0.05, 0) is 41.6 Å². The van der Waals surface area contributed by atoms with E-state index < -0.39 is 11.6 Å². The number of methoxy groups -OCH3 is 1. The van der Waals surface area contributed by atoms with Crippen molar-refractivity contribution < 1.29 is 19.4 Å². The van der Waals surface area contributed by atoms with Crippen molar-refractivity contribution in [3.05, 3.63) is 27.8 Å². The summed E-state index contributed by atoms with van der Waals surface area (Å²) in [6.45, 7) is 1.22. The van der Waals surface area contributed by atoms with E-state index in [9.17, 15) is 9.90 Å². The predicted octanol–water partition coefficient (Wildman–Crippen LogP) is 1.59. The smallest absolute Gasteiger partial charge is 0.341 e. The number of carbonyl (C=O) groups is 1. The second-order valence-electron chi connectivity index (χ2n) is 3.48. The minimum atomic E-state index is -1.63. The first kappa shape index (κ1) is 13.2. The van der Waals surface area contributed by atoms with E-state index in [0.717, 1.165) is 3.57 Å². The van der Waals surface area contributed by atoms with Gasteiger partial charge < -0.3 is 14.6 Å². The van der Waals surface area contributed by atoms with E-state index >= 15 is 0 Å². The standard InChI is InChI=1S/C11H13IO4/c1-11(14,10(13)15-2)7-16-9-6-4-3-5-8(9)12/h3-6,14H,7H2,1-2H3. The summed E-state index contributed by atoms with van der Waals surface area (Å²) in [5.41, 5.74) is -1.63. The summed E-state index contributed by atoms with van der Waals surface area (Å²) in [5.74, 6) is -0.0780. The van der Waals surface area contributed by atoms with Crippen LogP contribution in [0.25, 0.3) is 0 Å². The van der Waals surface area contributed by atoms with Gasteiger partial charge in [0.05, 0.1) is 10.7 Å². The number of rotatable bonds is 4. The highest BCUT2D eigenvalue weighted by molar-refractivity contribution is 14.1. The molecule has 0 aromatic heterocycles. The van der Waals surface area contributed by atoms with E-state index in [2.05, 4.69) is 27.3 Å². The number of hydrogen-bond donors (Lipinski definition) is 1. The molecule has 0 aliphatic carbocycles. The molecule has 0 saturated heterocycles. The van der Waals surface area contributed by atoms with Gasteiger partial charge in [0.1, 0.15) is 12.4 Å². The first-order chi connectivity index (χ1) is 7.47. The summed E-state index contributed by atoms with van der Waals surface area (Å²) in [7, 11) is 1.23. The zero-order valence-corrected chi connectivity index (χ0v) is 11.2. The number of carbonyl (C=O) groups excluding carboxylic acids is 1. The van der Waals surface area contributed by atoms with Gasteiger partial charge in [0.2, 0.25) is 0 Å². The van der Waals surface area contributed by atoms with Crippen molar-refractivity contribution in [2.24, 2.45) is 0 Å². The van der Waals surface area contributed by atoms with Crippen molar-refractivity contribution in [3.8, 4) is 5.75 Å². The van der Waals surface area contributed by atoms with Gasteiger partial charge in [-0.1, -0.05) is 12.1 Å². The third kappa shape index (κ3) is 3.34. The molecule has 0 amide bonds. The van der Waals surface area contributed by atoms with Crippen molar-refractivity contribution in [2.45, 2.75) is 12.5 Å². The molecular formula is C11H13IO4. The Morgan fingerprint density at radius 2 is 2.12 bits per heavy atom. The molecule has 0 aliphatic rings. The van der Waals surface area contributed by atoms with Crippen LogP contribution in [0.15, 0.2) is 24.3 Å². The summed E-state index contributed by atoms with van der Waals surface area (Å²) in [6, 6.07) is 7.36. The van der Waals surface area contributed by atoms with Gasteiger partial charge in [-0.25, -0.2) is 4.79 Å². The maximum absolute atomic E-state index is 11.2. The number of benzene rings is 1. The summed E-state index contributed by atoms with van der Waals surface area (Å²) in [5, 5.41) is 9.73. The fourth-order valence-corrected chi connectivity index (χ4v) is 1.60. The van der Waals surface area contributed by atoms with E-state index in [1.54, 1.807) is 6.07 Å². The van der Waals surface area contributed by atoms with Gasteiger partial charge in [0, 0.05) is 0 Å². The molecule has 1 unspecified atom stereocenters. The molecule has 0 radical (unpaired) electrons. The van der Waals surface area contributed by atoms with Gasteiger partial charge >= 0.3 is 5.97 Å². The molecule has 0 aliphatic heterocycles. The van der Waals surface area contributed by atoms with E-state index in [-0.39, 0.29) is 6.61 Å². The third-order valence-corrected chi connectivity index (χ3v) is 2.86. The van der Waals surface area contributed by atoms with Crippen molar-refractivity contribution in [1.29, 1.82) is 0 Å². The normalized spacial score (nSPS) is 14.0. The van der Waals surface area contributed by atoms with Crippen molar-refractivity contribution in [3.63, 3.8) is 0 Å². The highest BCUT2D eigenvalue weighted by Gasteiger charge is 2.32. The Morgan fingerprint density at radius 1 is 1.50 bits per heavy atom. The Balaban J connectivity index is 2.65. The molecule has 1 N–H and O–H groups in total. The summed E-state index contributed by atoms with van der Waals surface area (Å²) in [6.07, 6.45) is 0. The SMILES string of the molecule is COC(=O)C(C)(O)COc1ccccc1I. The molecule has 0 saturated carbocycles. The summed E-state index contributed by atoms with van der Waals surface area (Å²) >= 11 is 2.12. The number of hydrogen-bond acceptors (Lipinski definition) is 4. The van der Waals surface area contributed by atoms with Gasteiger partial charge in [-0.3, -0.25) is 0 Å². The fraction of sp³-hybridized carbons (Fsp3) is 0.364. The molecule has 1 rings (SSSR count). The van der Waals surface area contributed by atoms with Crippen molar-refractivity contribution in [2.75, 3.05) is 13.7 Å². The number of esters is 1. The highest BCUT2D eigenvalue weighted by Crippen LogP contribution is 2.21. The van der Waals surface area contributed by atoms with Crippen LogP contribution < -0.4 is 4.74 Å². The molecule has 1 atom stereocenters. The Labute approximate surface area is 108 Å². The molecule has 5 heteroatoms. The third-order valence-electron chi connectivity index (χ3n) is 1.97. The lowest BCUT2D eigenvalue weighted by Crippen LogP contribution is -2.42. The molecule has 1 aromatic carbocycles. The van der Waals surface area contributed by atoms with E-state index in [1.165, 1.54) is 14.0 Å². The van der Waals surface area contributed by atoms with E-state index in [1.807, 2.05) is 18.2 Å². The molecule has 0 fully saturated rings. The average Bonchev–Trinajstić information content (AvgIpc) is 2.27. The maximum Gasteiger partial charge on any atom is 0.341 e. The van der Waals surface area contributed by atoms with Crippen molar-refractivity contribution >= 4 is 28.6 Å². The second kappa shape index (κ2) is 5.49. The average molecular weight is 336 g/mol. The van der Waals surface area contributed by atoms with E-state index in [0.29, 0.717) is 5.75 Å². The molecule has 88 valence electrons. The molecule has 0 heterocycles. The van der Waals surface area contributed by atoms with Crippen molar-refractivity contribution in [1.82, 2.24) is 0 Å². The lowest BCUT2D eigenvalue weighted by atomic mass is 10.1. The highest BCUT2D eigenvalue weighted by atomic mass is 127. The maximum atomic E-state index is 11.2. The van der Waals surface area contributed by atoms with Crippen LogP contribution >= 0.6 is 22.6 Å². The molecule has 0 bridgehead atoms. The lowest BCUT2D eigenvalue weighted by molar-refractivity contribution is -0.163. The van der Waals surface area contributed by atoms with Crippen LogP contribution in [0.4, 0.5) is 0 Å². The number of para-hydroxylation sites is 1. The van der Waals surface area contributed by atoms with Gasteiger partial charge in [0.15, 0.2) is 5.60 Å². The Morgan fingerprint density at radius 3 is 2.69 bits per heavy atom. The summed E-state index contributed by atoms with van der Waals surface area (Å²) < 4.78 is 10.7. The molecule has 16 heavy (non-hydrogen) atoms. The van der Waals surface area contributed by atoms with Crippen LogP contribution in [0.1, 0.15) is 6.92 Å². The minimum Gasteiger partial charge on any atom is -0.489 e. The fourth-order valence-electron chi connectivity index (χ4n) is 1.06. The Hall–Kier alpha value is -0.820. The van der Waals surface area contributed by atoms with Gasteiger partial charge in [-0.2, -0.15) is 0 Å². The first-order valence-electron chi connectivity index (χ1n) is 4.65. The lowest BCUT2D eigenvalue weighted by Gasteiger charge is -2.20. The zero-order chi connectivity index (χ0) is 12.2. The quantitative estimate of drug-likeness (QED) is 0.670. The largest absolute Gasteiger partial charge is 0.489 e.